The number of hydrogen-bond donors (Lipinski definition) is 1. The van der Waals surface area contributed by atoms with E-state index >= 15 is 0 Å². The number of amides is 2. The minimum absolute atomic E-state index is 0.0191. The summed E-state index contributed by atoms with van der Waals surface area (Å²) in [6.07, 6.45) is 0.0191. The van der Waals surface area contributed by atoms with E-state index in [0.29, 0.717) is 0 Å². The third-order valence-electron chi connectivity index (χ3n) is 6.71. The maximum atomic E-state index is 13.9. The van der Waals surface area contributed by atoms with Gasteiger partial charge in [0.1, 0.15) is 10.8 Å². The van der Waals surface area contributed by atoms with E-state index in [1.54, 1.807) is 17.2 Å². The molecule has 1 N–H and O–H groups in total. The van der Waals surface area contributed by atoms with Crippen LogP contribution in [0.1, 0.15) is 35.0 Å². The van der Waals surface area contributed by atoms with Crippen LogP contribution in [-0.2, 0) is 14.3 Å². The fourth-order valence-corrected chi connectivity index (χ4v) is 5.45. The zero-order valence-electron chi connectivity index (χ0n) is 21.5. The Bertz CT molecular complexity index is 1700. The minimum atomic E-state index is -0.756. The van der Waals surface area contributed by atoms with E-state index in [0.717, 1.165) is 38.9 Å². The van der Waals surface area contributed by atoms with Crippen molar-refractivity contribution in [2.24, 2.45) is 5.92 Å². The molecule has 3 heterocycles. The van der Waals surface area contributed by atoms with Crippen LogP contribution in [-0.4, -0.2) is 40.7 Å². The van der Waals surface area contributed by atoms with Crippen LogP contribution in [0.2, 0.25) is 0 Å². The van der Waals surface area contributed by atoms with E-state index < -0.39 is 29.2 Å². The Morgan fingerprint density at radius 2 is 1.92 bits per heavy atom. The number of nitrogens with zero attached hydrogens (tertiary/aromatic N) is 3. The first-order valence-corrected chi connectivity index (χ1v) is 13.2. The summed E-state index contributed by atoms with van der Waals surface area (Å²) in [5.74, 6) is -2.58. The van der Waals surface area contributed by atoms with Crippen molar-refractivity contribution < 1.29 is 23.5 Å². The lowest BCUT2D eigenvalue weighted by Crippen LogP contribution is -2.29. The van der Waals surface area contributed by atoms with Gasteiger partial charge in [0.15, 0.2) is 5.69 Å². The van der Waals surface area contributed by atoms with E-state index in [9.17, 15) is 23.6 Å². The smallest absolute Gasteiger partial charge is 0.359 e. The number of ether oxygens (including phenoxy) is 1. The number of fused-ring (bicyclic) bond motifs is 1. The highest BCUT2D eigenvalue weighted by Gasteiger charge is 2.36. The lowest BCUT2D eigenvalue weighted by molar-refractivity contribution is -0.122. The summed E-state index contributed by atoms with van der Waals surface area (Å²) < 4.78 is 20.0. The van der Waals surface area contributed by atoms with Gasteiger partial charge in [-0.15, -0.1) is 11.3 Å². The molecule has 0 aliphatic carbocycles. The van der Waals surface area contributed by atoms with Crippen LogP contribution in [0.5, 0.6) is 0 Å². The van der Waals surface area contributed by atoms with E-state index in [1.165, 1.54) is 18.2 Å². The SMILES string of the molecule is CCOC(=O)c1nn(-c2cccc(F)c2)c(=O)c2c(NC(=O)C3CC(=O)N(c4ccc(C)c(C)c4)C3)scc12. The summed E-state index contributed by atoms with van der Waals surface area (Å²) >= 11 is 1.06. The number of nitrogens with one attached hydrogen (secondary N) is 1. The number of aryl methyl sites for hydroxylation is 2. The normalized spacial score (nSPS) is 15.1. The van der Waals surface area contributed by atoms with Crippen molar-refractivity contribution in [3.63, 3.8) is 0 Å². The Balaban J connectivity index is 1.50. The van der Waals surface area contributed by atoms with Crippen LogP contribution in [0.15, 0.2) is 52.6 Å². The molecule has 1 unspecified atom stereocenters. The van der Waals surface area contributed by atoms with Crippen LogP contribution in [0, 0.1) is 25.6 Å². The van der Waals surface area contributed by atoms with Gasteiger partial charge in [-0.2, -0.15) is 9.78 Å². The van der Waals surface area contributed by atoms with Crippen molar-refractivity contribution in [1.82, 2.24) is 9.78 Å². The average Bonchev–Trinajstić information content (AvgIpc) is 3.50. The number of carbonyl (C=O) groups excluding carboxylic acids is 3. The van der Waals surface area contributed by atoms with Crippen molar-refractivity contribution in [2.45, 2.75) is 27.2 Å². The molecule has 1 aliphatic rings. The maximum absolute atomic E-state index is 13.9. The monoisotopic (exact) mass is 548 g/mol. The number of rotatable bonds is 6. The van der Waals surface area contributed by atoms with E-state index in [-0.39, 0.29) is 52.6 Å². The van der Waals surface area contributed by atoms with Gasteiger partial charge >= 0.3 is 5.97 Å². The van der Waals surface area contributed by atoms with Gasteiger partial charge in [0, 0.05) is 29.4 Å². The Kier molecular flexibility index (Phi) is 7.00. The number of benzene rings is 2. The van der Waals surface area contributed by atoms with Gasteiger partial charge < -0.3 is 15.0 Å². The van der Waals surface area contributed by atoms with Crippen molar-refractivity contribution in [2.75, 3.05) is 23.4 Å². The molecule has 0 radical (unpaired) electrons. The number of esters is 1. The molecular formula is C28H25FN4O5S. The lowest BCUT2D eigenvalue weighted by Gasteiger charge is -2.18. The van der Waals surface area contributed by atoms with Crippen LogP contribution in [0.25, 0.3) is 16.5 Å². The molecular weight excluding hydrogens is 523 g/mol. The highest BCUT2D eigenvalue weighted by Crippen LogP contribution is 2.33. The number of anilines is 2. The molecule has 11 heteroatoms. The van der Waals surface area contributed by atoms with Gasteiger partial charge in [-0.3, -0.25) is 14.4 Å². The summed E-state index contributed by atoms with van der Waals surface area (Å²) in [6.45, 7) is 5.86. The summed E-state index contributed by atoms with van der Waals surface area (Å²) in [7, 11) is 0. The Morgan fingerprint density at radius 1 is 1.13 bits per heavy atom. The summed E-state index contributed by atoms with van der Waals surface area (Å²) in [5, 5.41) is 8.96. The first kappa shape index (κ1) is 26.2. The first-order chi connectivity index (χ1) is 18.7. The zero-order chi connectivity index (χ0) is 27.8. The van der Waals surface area contributed by atoms with Crippen molar-refractivity contribution in [3.8, 4) is 5.69 Å². The number of halogens is 1. The van der Waals surface area contributed by atoms with Crippen molar-refractivity contribution >= 4 is 50.6 Å². The van der Waals surface area contributed by atoms with Crippen molar-refractivity contribution in [3.05, 3.63) is 80.8 Å². The molecule has 1 saturated heterocycles. The molecule has 2 aromatic heterocycles. The van der Waals surface area contributed by atoms with Crippen LogP contribution in [0.3, 0.4) is 0 Å². The number of thiophene rings is 1. The topological polar surface area (TPSA) is 111 Å². The highest BCUT2D eigenvalue weighted by molar-refractivity contribution is 7.16. The molecule has 200 valence electrons. The molecule has 0 spiro atoms. The van der Waals surface area contributed by atoms with E-state index in [4.69, 9.17) is 4.74 Å². The second-order valence-corrected chi connectivity index (χ2v) is 10.2. The maximum Gasteiger partial charge on any atom is 0.359 e. The molecule has 1 aliphatic heterocycles. The summed E-state index contributed by atoms with van der Waals surface area (Å²) in [5.41, 5.74) is 2.21. The van der Waals surface area contributed by atoms with Crippen LogP contribution in [0.4, 0.5) is 15.1 Å². The Morgan fingerprint density at radius 3 is 2.64 bits per heavy atom. The van der Waals surface area contributed by atoms with Gasteiger partial charge in [0.05, 0.1) is 23.6 Å². The molecule has 1 atom stereocenters. The Hall–Kier alpha value is -4.38. The van der Waals surface area contributed by atoms with Crippen molar-refractivity contribution in [1.29, 1.82) is 0 Å². The third-order valence-corrected chi connectivity index (χ3v) is 7.60. The molecule has 1 fully saturated rings. The molecule has 2 aromatic carbocycles. The van der Waals surface area contributed by atoms with Gasteiger partial charge in [0.2, 0.25) is 11.8 Å². The number of aromatic nitrogens is 2. The fraction of sp³-hybridized carbons (Fsp3) is 0.250. The zero-order valence-corrected chi connectivity index (χ0v) is 22.3. The van der Waals surface area contributed by atoms with E-state index in [1.807, 2.05) is 32.0 Å². The molecule has 2 amide bonds. The summed E-state index contributed by atoms with van der Waals surface area (Å²) in [6, 6.07) is 10.9. The molecule has 39 heavy (non-hydrogen) atoms. The minimum Gasteiger partial charge on any atom is -0.461 e. The Labute approximate surface area is 226 Å². The predicted molar refractivity (Wildman–Crippen MR) is 146 cm³/mol. The quantitative estimate of drug-likeness (QED) is 0.358. The first-order valence-electron chi connectivity index (χ1n) is 12.3. The largest absolute Gasteiger partial charge is 0.461 e. The van der Waals surface area contributed by atoms with Crippen LogP contribution >= 0.6 is 11.3 Å². The molecule has 4 aromatic rings. The lowest BCUT2D eigenvalue weighted by atomic mass is 10.1. The summed E-state index contributed by atoms with van der Waals surface area (Å²) in [4.78, 5) is 53.9. The second-order valence-electron chi connectivity index (χ2n) is 9.28. The van der Waals surface area contributed by atoms with E-state index in [2.05, 4.69) is 10.4 Å². The molecule has 0 saturated carbocycles. The van der Waals surface area contributed by atoms with Crippen LogP contribution < -0.4 is 15.8 Å². The second kappa shape index (κ2) is 10.4. The predicted octanol–water partition coefficient (Wildman–Crippen LogP) is 4.37. The fourth-order valence-electron chi connectivity index (χ4n) is 4.51. The molecule has 9 nitrogen and oxygen atoms in total. The third kappa shape index (κ3) is 4.92. The molecule has 5 rings (SSSR count). The number of carbonyl (C=O) groups is 3. The van der Waals surface area contributed by atoms with Gasteiger partial charge in [-0.1, -0.05) is 12.1 Å². The average molecular weight is 549 g/mol. The standard InChI is InChI=1S/C28H25FN4O5S/c1-4-38-28(37)24-21-14-39-26(23(21)27(36)33(31-24)20-7-5-6-18(29)12-20)30-25(35)17-11-22(34)32(13-17)19-9-8-15(2)16(3)10-19/h5-10,12,14,17H,4,11,13H2,1-3H3,(H,30,35). The van der Waals surface area contributed by atoms with Gasteiger partial charge in [-0.25, -0.2) is 9.18 Å². The number of hydrogen-bond acceptors (Lipinski definition) is 7. The highest BCUT2D eigenvalue weighted by atomic mass is 32.1. The van der Waals surface area contributed by atoms with Gasteiger partial charge in [0.25, 0.3) is 5.56 Å². The van der Waals surface area contributed by atoms with Gasteiger partial charge in [-0.05, 0) is 62.2 Å². The molecule has 0 bridgehead atoms.